The van der Waals surface area contributed by atoms with Crippen LogP contribution in [0.1, 0.15) is 46.8 Å². The standard InChI is InChI=1S/C25H27N3O5/c1-14(6-10-21(29)27-16-7-9-20-19(11-16)26-13-28(20)3)5-8-17-23(30)22-18(12-33-25(22)31)15(2)24(17)32-4/h5,7,9,11,13,30H,6,8,10,12H2,1-4H3,(H,27,29)/b14-5+. The predicted octanol–water partition coefficient (Wildman–Crippen LogP) is 4.17. The molecule has 0 radical (unpaired) electrons. The van der Waals surface area contributed by atoms with E-state index in [1.807, 2.05) is 49.7 Å². The van der Waals surface area contributed by atoms with Gasteiger partial charge in [0.1, 0.15) is 23.7 Å². The summed E-state index contributed by atoms with van der Waals surface area (Å²) in [5.74, 6) is -0.150. The Kier molecular flexibility index (Phi) is 6.09. The number of hydrogen-bond donors (Lipinski definition) is 2. The van der Waals surface area contributed by atoms with E-state index in [1.165, 1.54) is 0 Å². The average molecular weight is 450 g/mol. The van der Waals surface area contributed by atoms with E-state index in [-0.39, 0.29) is 23.8 Å². The van der Waals surface area contributed by atoms with Crippen LogP contribution in [0.3, 0.4) is 0 Å². The van der Waals surface area contributed by atoms with Crippen LogP contribution in [0.4, 0.5) is 5.69 Å². The maximum Gasteiger partial charge on any atom is 0.342 e. The lowest BCUT2D eigenvalue weighted by molar-refractivity contribution is -0.116. The maximum atomic E-state index is 12.4. The first-order valence-corrected chi connectivity index (χ1v) is 10.7. The van der Waals surface area contributed by atoms with Gasteiger partial charge in [0.25, 0.3) is 0 Å². The van der Waals surface area contributed by atoms with Crippen LogP contribution >= 0.6 is 0 Å². The molecule has 1 aliphatic heterocycles. The molecular formula is C25H27N3O5. The van der Waals surface area contributed by atoms with Gasteiger partial charge in [-0.1, -0.05) is 11.6 Å². The number of cyclic esters (lactones) is 1. The fourth-order valence-electron chi connectivity index (χ4n) is 4.15. The number of ether oxygens (including phenoxy) is 2. The van der Waals surface area contributed by atoms with Crippen LogP contribution in [0.5, 0.6) is 11.5 Å². The molecule has 0 saturated heterocycles. The van der Waals surface area contributed by atoms with Crippen molar-refractivity contribution in [2.24, 2.45) is 7.05 Å². The highest BCUT2D eigenvalue weighted by atomic mass is 16.5. The van der Waals surface area contributed by atoms with Gasteiger partial charge in [0.2, 0.25) is 5.91 Å². The quantitative estimate of drug-likeness (QED) is 0.415. The van der Waals surface area contributed by atoms with Crippen molar-refractivity contribution in [2.45, 2.75) is 39.7 Å². The molecule has 1 amide bonds. The first kappa shape index (κ1) is 22.4. The van der Waals surface area contributed by atoms with Crippen molar-refractivity contribution < 1.29 is 24.2 Å². The lowest BCUT2D eigenvalue weighted by Crippen LogP contribution is -2.11. The van der Waals surface area contributed by atoms with E-state index < -0.39 is 5.97 Å². The van der Waals surface area contributed by atoms with Gasteiger partial charge < -0.3 is 24.5 Å². The first-order chi connectivity index (χ1) is 15.8. The van der Waals surface area contributed by atoms with Crippen molar-refractivity contribution in [3.63, 3.8) is 0 Å². The number of imidazole rings is 1. The Hall–Kier alpha value is -3.81. The summed E-state index contributed by atoms with van der Waals surface area (Å²) in [4.78, 5) is 28.8. The summed E-state index contributed by atoms with van der Waals surface area (Å²) >= 11 is 0. The Bertz CT molecular complexity index is 1290. The van der Waals surface area contributed by atoms with E-state index in [0.29, 0.717) is 41.8 Å². The summed E-state index contributed by atoms with van der Waals surface area (Å²) in [6.45, 7) is 3.93. The smallest absolute Gasteiger partial charge is 0.342 e. The largest absolute Gasteiger partial charge is 0.507 e. The number of anilines is 1. The number of hydrogen-bond acceptors (Lipinski definition) is 6. The number of phenols is 1. The number of fused-ring (bicyclic) bond motifs is 2. The molecular weight excluding hydrogens is 422 g/mol. The second-order valence-corrected chi connectivity index (χ2v) is 8.28. The van der Waals surface area contributed by atoms with Gasteiger partial charge in [-0.25, -0.2) is 9.78 Å². The zero-order valence-corrected chi connectivity index (χ0v) is 19.2. The lowest BCUT2D eigenvalue weighted by atomic mass is 9.94. The molecule has 0 unspecified atom stereocenters. The number of carbonyl (C=O) groups is 2. The van der Waals surface area contributed by atoms with E-state index >= 15 is 0 Å². The number of allylic oxidation sites excluding steroid dienone is 2. The lowest BCUT2D eigenvalue weighted by Gasteiger charge is -2.15. The average Bonchev–Trinajstić information content (AvgIpc) is 3.36. The van der Waals surface area contributed by atoms with Gasteiger partial charge in [0.15, 0.2) is 0 Å². The van der Waals surface area contributed by atoms with Crippen LogP contribution in [0.25, 0.3) is 11.0 Å². The Labute approximate surface area is 191 Å². The fraction of sp³-hybridized carbons (Fsp3) is 0.320. The first-order valence-electron chi connectivity index (χ1n) is 10.7. The molecule has 2 aromatic carbocycles. The van der Waals surface area contributed by atoms with Gasteiger partial charge in [-0.05, 0) is 50.5 Å². The maximum absolute atomic E-state index is 12.4. The van der Waals surface area contributed by atoms with Crippen LogP contribution in [0.2, 0.25) is 0 Å². The molecule has 0 aliphatic carbocycles. The van der Waals surface area contributed by atoms with Gasteiger partial charge in [0.05, 0.1) is 24.5 Å². The number of phenolic OH excluding ortho intramolecular Hbond substituents is 1. The zero-order chi connectivity index (χ0) is 23.7. The van der Waals surface area contributed by atoms with Crippen molar-refractivity contribution in [2.75, 3.05) is 12.4 Å². The third-order valence-corrected chi connectivity index (χ3v) is 6.06. The Morgan fingerprint density at radius 1 is 1.36 bits per heavy atom. The number of aryl methyl sites for hydroxylation is 1. The summed E-state index contributed by atoms with van der Waals surface area (Å²) in [5, 5.41) is 13.6. The molecule has 33 heavy (non-hydrogen) atoms. The number of nitrogens with one attached hydrogen (secondary N) is 1. The Balaban J connectivity index is 1.41. The highest BCUT2D eigenvalue weighted by molar-refractivity contribution is 5.98. The van der Waals surface area contributed by atoms with Crippen LogP contribution in [0.15, 0.2) is 36.2 Å². The number of amides is 1. The predicted molar refractivity (Wildman–Crippen MR) is 125 cm³/mol. The number of aromatic hydroxyl groups is 1. The topological polar surface area (TPSA) is 103 Å². The molecule has 0 spiro atoms. The molecule has 4 rings (SSSR count). The monoisotopic (exact) mass is 449 g/mol. The molecule has 8 nitrogen and oxygen atoms in total. The minimum absolute atomic E-state index is 0.0884. The summed E-state index contributed by atoms with van der Waals surface area (Å²) in [7, 11) is 3.46. The molecule has 2 heterocycles. The molecule has 1 aliphatic rings. The Morgan fingerprint density at radius 3 is 2.91 bits per heavy atom. The van der Waals surface area contributed by atoms with E-state index in [0.717, 1.165) is 22.2 Å². The van der Waals surface area contributed by atoms with E-state index in [4.69, 9.17) is 9.47 Å². The van der Waals surface area contributed by atoms with Crippen LogP contribution < -0.4 is 10.1 Å². The number of methoxy groups -OCH3 is 1. The molecule has 0 saturated carbocycles. The highest BCUT2D eigenvalue weighted by Crippen LogP contribution is 2.42. The third-order valence-electron chi connectivity index (χ3n) is 6.06. The molecule has 0 fully saturated rings. The minimum Gasteiger partial charge on any atom is -0.507 e. The number of aromatic nitrogens is 2. The number of benzene rings is 2. The molecule has 3 aromatic rings. The Morgan fingerprint density at radius 2 is 2.15 bits per heavy atom. The fourth-order valence-corrected chi connectivity index (χ4v) is 4.15. The molecule has 172 valence electrons. The summed E-state index contributed by atoms with van der Waals surface area (Å²) < 4.78 is 12.5. The van der Waals surface area contributed by atoms with Crippen LogP contribution in [-0.2, 0) is 29.6 Å². The molecule has 1 aromatic heterocycles. The van der Waals surface area contributed by atoms with Gasteiger partial charge >= 0.3 is 5.97 Å². The zero-order valence-electron chi connectivity index (χ0n) is 19.2. The third kappa shape index (κ3) is 4.28. The van der Waals surface area contributed by atoms with Gasteiger partial charge in [-0.2, -0.15) is 0 Å². The summed E-state index contributed by atoms with van der Waals surface area (Å²) in [5.41, 5.74) is 5.75. The normalized spacial score (nSPS) is 13.2. The van der Waals surface area contributed by atoms with Crippen molar-refractivity contribution in [1.82, 2.24) is 9.55 Å². The van der Waals surface area contributed by atoms with Crippen molar-refractivity contribution in [3.05, 3.63) is 58.4 Å². The number of carbonyl (C=O) groups excluding carboxylic acids is 2. The van der Waals surface area contributed by atoms with E-state index in [1.54, 1.807) is 13.4 Å². The molecule has 0 atom stereocenters. The number of nitrogens with zero attached hydrogens (tertiary/aromatic N) is 2. The summed E-state index contributed by atoms with van der Waals surface area (Å²) in [6.07, 6.45) is 4.94. The SMILES string of the molecule is COc1c(C)c2c(c(O)c1C/C=C(\C)CCC(=O)Nc1ccc3c(c1)ncn3C)C(=O)OC2. The minimum atomic E-state index is -0.518. The van der Waals surface area contributed by atoms with Crippen molar-refractivity contribution in [1.29, 1.82) is 0 Å². The van der Waals surface area contributed by atoms with Gasteiger partial charge in [-0.15, -0.1) is 0 Å². The van der Waals surface area contributed by atoms with Crippen molar-refractivity contribution >= 4 is 28.6 Å². The second-order valence-electron chi connectivity index (χ2n) is 8.28. The van der Waals surface area contributed by atoms with Gasteiger partial charge in [-0.3, -0.25) is 4.79 Å². The molecule has 0 bridgehead atoms. The van der Waals surface area contributed by atoms with E-state index in [9.17, 15) is 14.7 Å². The summed E-state index contributed by atoms with van der Waals surface area (Å²) in [6, 6.07) is 5.64. The van der Waals surface area contributed by atoms with Crippen LogP contribution in [-0.4, -0.2) is 33.6 Å². The highest BCUT2D eigenvalue weighted by Gasteiger charge is 2.31. The van der Waals surface area contributed by atoms with Gasteiger partial charge in [0, 0.05) is 30.3 Å². The van der Waals surface area contributed by atoms with Crippen molar-refractivity contribution in [3.8, 4) is 11.5 Å². The number of rotatable bonds is 7. The molecule has 2 N–H and O–H groups in total. The number of esters is 1. The molecule has 8 heteroatoms. The second kappa shape index (κ2) is 8.97. The van der Waals surface area contributed by atoms with E-state index in [2.05, 4.69) is 10.3 Å². The van der Waals surface area contributed by atoms with Crippen LogP contribution in [0, 0.1) is 6.92 Å².